The van der Waals surface area contributed by atoms with Gasteiger partial charge in [0.1, 0.15) is 5.69 Å². The highest BCUT2D eigenvalue weighted by molar-refractivity contribution is 5.92. The van der Waals surface area contributed by atoms with Crippen LogP contribution in [0.15, 0.2) is 36.5 Å². The topological polar surface area (TPSA) is 79.2 Å². The van der Waals surface area contributed by atoms with E-state index in [9.17, 15) is 9.90 Å². The number of amides is 1. The zero-order valence-electron chi connectivity index (χ0n) is 14.3. The molecule has 0 radical (unpaired) electrons. The van der Waals surface area contributed by atoms with Crippen molar-refractivity contribution in [2.45, 2.75) is 31.9 Å². The van der Waals surface area contributed by atoms with E-state index in [0.717, 1.165) is 37.1 Å². The minimum absolute atomic E-state index is 0. The summed E-state index contributed by atoms with van der Waals surface area (Å²) >= 11 is 0. The van der Waals surface area contributed by atoms with E-state index in [0.29, 0.717) is 11.7 Å². The molecule has 7 heteroatoms. The number of carbonyl (C=O) groups excluding carboxylic acids is 1. The van der Waals surface area contributed by atoms with Crippen molar-refractivity contribution in [3.05, 3.63) is 53.3 Å². The number of halogens is 1. The monoisotopic (exact) mass is 364 g/mol. The summed E-state index contributed by atoms with van der Waals surface area (Å²) in [5, 5.41) is 20.7. The molecule has 1 aliphatic heterocycles. The third-order valence-corrected chi connectivity index (χ3v) is 4.37. The Bertz CT molecular complexity index is 698. The second kappa shape index (κ2) is 8.99. The molecule has 0 aliphatic carbocycles. The molecule has 2 atom stereocenters. The standard InChI is InChI=1S/C18H24N4O2.ClH/c1-13-4-2-5-14(10-13)17(23)12-20-18(24)16-7-9-22(21-16)15-6-3-8-19-11-15;/h2,4-5,7,9-10,15,17,19,23H,3,6,8,11-12H2,1H3,(H,20,24);1H. The first-order chi connectivity index (χ1) is 11.6. The molecule has 2 unspecified atom stereocenters. The first-order valence-electron chi connectivity index (χ1n) is 8.42. The predicted octanol–water partition coefficient (Wildman–Crippen LogP) is 2.00. The van der Waals surface area contributed by atoms with Gasteiger partial charge in [-0.2, -0.15) is 5.10 Å². The Morgan fingerprint density at radius 3 is 3.04 bits per heavy atom. The van der Waals surface area contributed by atoms with Crippen LogP contribution in [0.2, 0.25) is 0 Å². The molecule has 1 amide bonds. The van der Waals surface area contributed by atoms with Gasteiger partial charge in [-0.15, -0.1) is 12.4 Å². The van der Waals surface area contributed by atoms with E-state index in [1.54, 1.807) is 6.07 Å². The number of hydrogen-bond donors (Lipinski definition) is 3. The van der Waals surface area contributed by atoms with Gasteiger partial charge in [-0.1, -0.05) is 29.8 Å². The van der Waals surface area contributed by atoms with Crippen LogP contribution in [0, 0.1) is 6.92 Å². The average molecular weight is 365 g/mol. The number of nitrogens with one attached hydrogen (secondary N) is 2. The third-order valence-electron chi connectivity index (χ3n) is 4.37. The second-order valence-electron chi connectivity index (χ2n) is 6.32. The summed E-state index contributed by atoms with van der Waals surface area (Å²) in [6.07, 6.45) is 3.32. The van der Waals surface area contributed by atoms with Gasteiger partial charge in [-0.25, -0.2) is 0 Å². The van der Waals surface area contributed by atoms with Crippen LogP contribution in [0.4, 0.5) is 0 Å². The highest BCUT2D eigenvalue weighted by atomic mass is 35.5. The first kappa shape index (κ1) is 19.4. The lowest BCUT2D eigenvalue weighted by Gasteiger charge is -2.22. The molecule has 1 fully saturated rings. The van der Waals surface area contributed by atoms with Gasteiger partial charge in [0.2, 0.25) is 0 Å². The van der Waals surface area contributed by atoms with E-state index in [-0.39, 0.29) is 24.9 Å². The van der Waals surface area contributed by atoms with Gasteiger partial charge in [-0.3, -0.25) is 9.48 Å². The van der Waals surface area contributed by atoms with Crippen LogP contribution < -0.4 is 10.6 Å². The van der Waals surface area contributed by atoms with Crippen molar-refractivity contribution in [2.75, 3.05) is 19.6 Å². The van der Waals surface area contributed by atoms with Crippen LogP contribution in [0.25, 0.3) is 0 Å². The third kappa shape index (κ3) is 5.04. The Hall–Kier alpha value is -1.89. The number of hydrogen-bond acceptors (Lipinski definition) is 4. The molecule has 2 heterocycles. The fourth-order valence-electron chi connectivity index (χ4n) is 3.00. The van der Waals surface area contributed by atoms with Crippen molar-refractivity contribution in [3.63, 3.8) is 0 Å². The molecule has 2 aromatic rings. The van der Waals surface area contributed by atoms with Crippen molar-refractivity contribution < 1.29 is 9.90 Å². The van der Waals surface area contributed by atoms with Gasteiger partial charge < -0.3 is 15.7 Å². The highest BCUT2D eigenvalue weighted by Crippen LogP contribution is 2.16. The number of aryl methyl sites for hydroxylation is 1. The average Bonchev–Trinajstić information content (AvgIpc) is 3.10. The number of carbonyl (C=O) groups is 1. The van der Waals surface area contributed by atoms with Crippen LogP contribution in [-0.4, -0.2) is 40.4 Å². The van der Waals surface area contributed by atoms with Crippen LogP contribution in [-0.2, 0) is 0 Å². The van der Waals surface area contributed by atoms with Crippen LogP contribution >= 0.6 is 12.4 Å². The van der Waals surface area contributed by atoms with Gasteiger partial charge in [-0.05, 0) is 37.9 Å². The van der Waals surface area contributed by atoms with Crippen molar-refractivity contribution in [1.29, 1.82) is 0 Å². The van der Waals surface area contributed by atoms with Crippen LogP contribution in [0.5, 0.6) is 0 Å². The maximum Gasteiger partial charge on any atom is 0.271 e. The summed E-state index contributed by atoms with van der Waals surface area (Å²) in [6.45, 7) is 4.07. The predicted molar refractivity (Wildman–Crippen MR) is 99.1 cm³/mol. The normalized spacial score (nSPS) is 18.2. The summed E-state index contributed by atoms with van der Waals surface area (Å²) in [7, 11) is 0. The molecule has 6 nitrogen and oxygen atoms in total. The van der Waals surface area contributed by atoms with Gasteiger partial charge >= 0.3 is 0 Å². The van der Waals surface area contributed by atoms with Gasteiger partial charge in [0.25, 0.3) is 5.91 Å². The van der Waals surface area contributed by atoms with E-state index in [4.69, 9.17) is 0 Å². The lowest BCUT2D eigenvalue weighted by molar-refractivity contribution is 0.0910. The molecule has 0 bridgehead atoms. The van der Waals surface area contributed by atoms with E-state index < -0.39 is 6.10 Å². The molecule has 1 aromatic heterocycles. The van der Waals surface area contributed by atoms with Crippen molar-refractivity contribution >= 4 is 18.3 Å². The largest absolute Gasteiger partial charge is 0.387 e. The molecule has 1 saturated heterocycles. The smallest absolute Gasteiger partial charge is 0.271 e. The molecule has 136 valence electrons. The second-order valence-corrected chi connectivity index (χ2v) is 6.32. The zero-order chi connectivity index (χ0) is 16.9. The summed E-state index contributed by atoms with van der Waals surface area (Å²) in [5.41, 5.74) is 2.27. The van der Waals surface area contributed by atoms with Crippen molar-refractivity contribution in [3.8, 4) is 0 Å². The molecule has 0 spiro atoms. The maximum atomic E-state index is 12.2. The van der Waals surface area contributed by atoms with Crippen molar-refractivity contribution in [2.24, 2.45) is 0 Å². The molecule has 1 aliphatic rings. The fourth-order valence-corrected chi connectivity index (χ4v) is 3.00. The van der Waals surface area contributed by atoms with E-state index >= 15 is 0 Å². The first-order valence-corrected chi connectivity index (χ1v) is 8.42. The van der Waals surface area contributed by atoms with E-state index in [1.807, 2.05) is 42.1 Å². The number of benzene rings is 1. The Balaban J connectivity index is 0.00000225. The number of aliphatic hydroxyl groups excluding tert-OH is 1. The Kier molecular flexibility index (Phi) is 6.99. The minimum atomic E-state index is -0.724. The number of piperidine rings is 1. The number of rotatable bonds is 5. The lowest BCUT2D eigenvalue weighted by Crippen LogP contribution is -2.32. The van der Waals surface area contributed by atoms with Gasteiger partial charge in [0.15, 0.2) is 0 Å². The minimum Gasteiger partial charge on any atom is -0.387 e. The number of aliphatic hydroxyl groups is 1. The van der Waals surface area contributed by atoms with Crippen LogP contribution in [0.3, 0.4) is 0 Å². The van der Waals surface area contributed by atoms with Crippen molar-refractivity contribution in [1.82, 2.24) is 20.4 Å². The quantitative estimate of drug-likeness (QED) is 0.758. The van der Waals surface area contributed by atoms with Crippen LogP contribution in [0.1, 0.15) is 46.6 Å². The highest BCUT2D eigenvalue weighted by Gasteiger charge is 2.18. The van der Waals surface area contributed by atoms with Gasteiger partial charge in [0, 0.05) is 19.3 Å². The molecular weight excluding hydrogens is 340 g/mol. The summed E-state index contributed by atoms with van der Waals surface area (Å²) in [4.78, 5) is 12.2. The molecule has 3 N–H and O–H groups in total. The molecule has 25 heavy (non-hydrogen) atoms. The molecular formula is C18H25ClN4O2. The maximum absolute atomic E-state index is 12.2. The SMILES string of the molecule is Cc1cccc(C(O)CNC(=O)c2ccn(C3CCCNC3)n2)c1.Cl. The van der Waals surface area contributed by atoms with Gasteiger partial charge in [0.05, 0.1) is 12.1 Å². The fraction of sp³-hybridized carbons (Fsp3) is 0.444. The summed E-state index contributed by atoms with van der Waals surface area (Å²) in [6, 6.07) is 9.68. The zero-order valence-corrected chi connectivity index (χ0v) is 15.1. The Morgan fingerprint density at radius 1 is 1.48 bits per heavy atom. The number of nitrogens with zero attached hydrogens (tertiary/aromatic N) is 2. The van der Waals surface area contributed by atoms with E-state index in [1.165, 1.54) is 0 Å². The number of aromatic nitrogens is 2. The van der Waals surface area contributed by atoms with E-state index in [2.05, 4.69) is 15.7 Å². The summed E-state index contributed by atoms with van der Waals surface area (Å²) in [5.74, 6) is -0.260. The lowest BCUT2D eigenvalue weighted by atomic mass is 10.1. The molecule has 1 aromatic carbocycles. The molecule has 0 saturated carbocycles. The summed E-state index contributed by atoms with van der Waals surface area (Å²) < 4.78 is 1.86. The Labute approximate surface area is 154 Å². The Morgan fingerprint density at radius 2 is 2.32 bits per heavy atom. The molecule has 3 rings (SSSR count).